The molecule has 8 nitrogen and oxygen atoms in total. The van der Waals surface area contributed by atoms with Crippen LogP contribution in [0.3, 0.4) is 0 Å². The van der Waals surface area contributed by atoms with Crippen molar-refractivity contribution in [1.29, 1.82) is 0 Å². The number of aryl methyl sites for hydroxylation is 1. The van der Waals surface area contributed by atoms with E-state index >= 15 is 0 Å². The van der Waals surface area contributed by atoms with Gasteiger partial charge in [-0.05, 0) is 55.3 Å². The number of halogens is 3. The Morgan fingerprint density at radius 1 is 1.22 bits per heavy atom. The molecule has 0 aliphatic rings. The van der Waals surface area contributed by atoms with Crippen molar-refractivity contribution in [1.82, 2.24) is 20.1 Å². The molecule has 2 aromatic heterocycles. The van der Waals surface area contributed by atoms with Crippen LogP contribution in [-0.4, -0.2) is 33.7 Å². The Kier molecular flexibility index (Phi) is 6.17. The Bertz CT molecular complexity index is 1560. The quantitative estimate of drug-likeness (QED) is 0.371. The van der Waals surface area contributed by atoms with Crippen LogP contribution in [0, 0.1) is 0 Å². The average molecular weight is 514 g/mol. The highest BCUT2D eigenvalue weighted by molar-refractivity contribution is 6.05. The van der Waals surface area contributed by atoms with Gasteiger partial charge in [-0.25, -0.2) is 4.98 Å². The normalized spacial score (nSPS) is 14.0. The highest BCUT2D eigenvalue weighted by Gasteiger charge is 2.31. The monoisotopic (exact) mass is 513 g/mol. The van der Waals surface area contributed by atoms with Gasteiger partial charge in [-0.15, -0.1) is 0 Å². The van der Waals surface area contributed by atoms with E-state index in [1.165, 1.54) is 29.1 Å². The maximum atomic E-state index is 13.2. The van der Waals surface area contributed by atoms with Crippen molar-refractivity contribution in [2.24, 2.45) is 5.73 Å². The Labute approximate surface area is 213 Å². The number of carbonyl (C=O) groups is 2. The van der Waals surface area contributed by atoms with Gasteiger partial charge in [-0.2, -0.15) is 18.3 Å². The summed E-state index contributed by atoms with van der Waals surface area (Å²) in [6.45, 7) is 2.30. The molecule has 1 unspecified atom stereocenters. The summed E-state index contributed by atoms with van der Waals surface area (Å²) in [4.78, 5) is 29.2. The van der Waals surface area contributed by atoms with Gasteiger partial charge < -0.3 is 15.8 Å². The summed E-state index contributed by atoms with van der Waals surface area (Å²) in [5.74, 6) is -1.52. The lowest BCUT2D eigenvalue weighted by Crippen LogP contribution is -2.27. The molecule has 0 bridgehead atoms. The van der Waals surface area contributed by atoms with Gasteiger partial charge in [0.2, 0.25) is 5.88 Å². The first-order valence-electron chi connectivity index (χ1n) is 12.3. The highest BCUT2D eigenvalue weighted by atomic mass is 19.4. The Morgan fingerprint density at radius 3 is 2.68 bits per heavy atom. The summed E-state index contributed by atoms with van der Waals surface area (Å²) in [6.07, 6.45) is -3.10. The number of pyridine rings is 1. The topological polar surface area (TPSA) is 112 Å². The number of amides is 2. The summed E-state index contributed by atoms with van der Waals surface area (Å²) >= 11 is 0. The smallest absolute Gasteiger partial charge is 0.416 e. The number of aromatic nitrogens is 3. The molecule has 0 spiro atoms. The van der Waals surface area contributed by atoms with Crippen LogP contribution in [0.25, 0.3) is 22.0 Å². The standard InChI is InChI=1S/C26H24F3N5O3/c1-4-34-21-12-16(8-9-19(21)22(33-34)23(30)35)17-11-20(25(37-3)31-13-17)24(36)32-14(2)15-6-5-7-18(10-15)26(27,28)29/h5-14H,4H2,1-3H3,(H2,30,35)(H,32,36)/t14-/m0/s1/i3D,4D/t4?,14-. The molecule has 3 N–H and O–H groups in total. The van der Waals surface area contributed by atoms with Gasteiger partial charge in [0.1, 0.15) is 5.56 Å². The van der Waals surface area contributed by atoms with E-state index in [1.54, 1.807) is 32.0 Å². The Balaban J connectivity index is 1.71. The molecule has 4 aromatic rings. The molecule has 2 amide bonds. The number of primary amides is 1. The number of nitrogens with one attached hydrogen (secondary N) is 1. The molecule has 0 fully saturated rings. The zero-order valence-corrected chi connectivity index (χ0v) is 19.8. The zero-order valence-electron chi connectivity index (χ0n) is 21.8. The number of ether oxygens (including phenoxy) is 1. The minimum absolute atomic E-state index is 0.0246. The summed E-state index contributed by atoms with van der Waals surface area (Å²) in [5, 5.41) is 7.27. The first kappa shape index (κ1) is 23.0. The molecular formula is C26H24F3N5O3. The first-order valence-corrected chi connectivity index (χ1v) is 11.1. The number of hydrogen-bond acceptors (Lipinski definition) is 5. The van der Waals surface area contributed by atoms with Gasteiger partial charge >= 0.3 is 6.18 Å². The van der Waals surface area contributed by atoms with Gasteiger partial charge in [0.25, 0.3) is 11.8 Å². The molecule has 2 aromatic carbocycles. The van der Waals surface area contributed by atoms with Crippen molar-refractivity contribution in [2.75, 3.05) is 7.09 Å². The van der Waals surface area contributed by atoms with E-state index in [4.69, 9.17) is 13.2 Å². The second-order valence-corrected chi connectivity index (χ2v) is 8.19. The van der Waals surface area contributed by atoms with Crippen molar-refractivity contribution in [3.63, 3.8) is 0 Å². The molecule has 192 valence electrons. The second kappa shape index (κ2) is 9.92. The molecule has 0 saturated heterocycles. The SMILES string of the molecule is [2H]COc1ncc(-c2ccc3c(C(N)=O)nn(C([2H])C)c3c2)cc1C(=O)N[C@@H](C)c1cccc(C(F)(F)F)c1. The van der Waals surface area contributed by atoms with Crippen LogP contribution in [0.1, 0.15) is 54.6 Å². The number of hydrogen-bond donors (Lipinski definition) is 2. The highest BCUT2D eigenvalue weighted by Crippen LogP contribution is 2.32. The van der Waals surface area contributed by atoms with Crippen molar-refractivity contribution in [3.8, 4) is 17.0 Å². The summed E-state index contributed by atoms with van der Waals surface area (Å²) < 4.78 is 61.4. The Hall–Kier alpha value is -4.41. The van der Waals surface area contributed by atoms with E-state index in [0.29, 0.717) is 22.0 Å². The van der Waals surface area contributed by atoms with E-state index in [9.17, 15) is 22.8 Å². The third-order valence-electron chi connectivity index (χ3n) is 5.81. The summed E-state index contributed by atoms with van der Waals surface area (Å²) in [5.41, 5.74) is 6.36. The minimum atomic E-state index is -4.53. The molecule has 0 saturated carbocycles. The van der Waals surface area contributed by atoms with Crippen molar-refractivity contribution in [2.45, 2.75) is 32.6 Å². The van der Waals surface area contributed by atoms with Crippen LogP contribution < -0.4 is 15.8 Å². The van der Waals surface area contributed by atoms with E-state index < -0.39 is 43.2 Å². The van der Waals surface area contributed by atoms with Crippen LogP contribution in [0.4, 0.5) is 13.2 Å². The van der Waals surface area contributed by atoms with Crippen molar-refractivity contribution >= 4 is 22.7 Å². The number of fused-ring (bicyclic) bond motifs is 1. The van der Waals surface area contributed by atoms with Crippen LogP contribution >= 0.6 is 0 Å². The lowest BCUT2D eigenvalue weighted by molar-refractivity contribution is -0.137. The maximum Gasteiger partial charge on any atom is 0.416 e. The predicted molar refractivity (Wildman–Crippen MR) is 131 cm³/mol. The van der Waals surface area contributed by atoms with Crippen LogP contribution in [0.5, 0.6) is 5.88 Å². The van der Waals surface area contributed by atoms with E-state index in [1.807, 2.05) is 0 Å². The minimum Gasteiger partial charge on any atom is -0.480 e. The molecule has 2 heterocycles. The molecular weight excluding hydrogens is 487 g/mol. The molecule has 2 atom stereocenters. The number of benzene rings is 2. The van der Waals surface area contributed by atoms with Crippen LogP contribution in [-0.2, 0) is 12.7 Å². The third kappa shape index (κ3) is 5.11. The molecule has 0 aliphatic carbocycles. The number of alkyl halides is 3. The van der Waals surface area contributed by atoms with Gasteiger partial charge in [0.15, 0.2) is 5.69 Å². The Morgan fingerprint density at radius 2 is 2.00 bits per heavy atom. The fraction of sp³-hybridized carbons (Fsp3) is 0.231. The molecule has 0 radical (unpaired) electrons. The number of methoxy groups -OCH3 is 1. The summed E-state index contributed by atoms with van der Waals surface area (Å²) in [7, 11) is -0.516. The van der Waals surface area contributed by atoms with Gasteiger partial charge in [0, 0.05) is 23.7 Å². The van der Waals surface area contributed by atoms with E-state index in [2.05, 4.69) is 15.4 Å². The number of rotatable bonds is 7. The molecule has 0 aliphatic heterocycles. The van der Waals surface area contributed by atoms with Crippen molar-refractivity contribution < 1.29 is 30.2 Å². The average Bonchev–Trinajstić information content (AvgIpc) is 3.28. The number of carbonyl (C=O) groups excluding carboxylic acids is 2. The van der Waals surface area contributed by atoms with Crippen molar-refractivity contribution in [3.05, 3.63) is 77.1 Å². The number of nitrogens with zero attached hydrogens (tertiary/aromatic N) is 3. The fourth-order valence-corrected chi connectivity index (χ4v) is 3.93. The zero-order chi connectivity index (χ0) is 28.5. The van der Waals surface area contributed by atoms with Gasteiger partial charge in [-0.3, -0.25) is 14.3 Å². The van der Waals surface area contributed by atoms with Crippen LogP contribution in [0.2, 0.25) is 0 Å². The fourth-order valence-electron chi connectivity index (χ4n) is 3.93. The van der Waals surface area contributed by atoms with E-state index in [-0.39, 0.29) is 22.7 Å². The first-order chi connectivity index (χ1) is 18.4. The predicted octanol–water partition coefficient (Wildman–Crippen LogP) is 4.74. The second-order valence-electron chi connectivity index (χ2n) is 8.19. The van der Waals surface area contributed by atoms with Gasteiger partial charge in [0.05, 0.1) is 26.9 Å². The lowest BCUT2D eigenvalue weighted by Gasteiger charge is -2.17. The molecule has 37 heavy (non-hydrogen) atoms. The van der Waals surface area contributed by atoms with E-state index in [0.717, 1.165) is 12.1 Å². The third-order valence-corrected chi connectivity index (χ3v) is 5.81. The summed E-state index contributed by atoms with van der Waals surface area (Å²) in [6, 6.07) is 10.3. The lowest BCUT2D eigenvalue weighted by atomic mass is 10.0. The number of nitrogens with two attached hydrogens (primary N) is 1. The van der Waals surface area contributed by atoms with Gasteiger partial charge in [-0.1, -0.05) is 18.2 Å². The largest absolute Gasteiger partial charge is 0.480 e. The molecule has 4 rings (SSSR count). The molecule has 11 heteroatoms. The maximum absolute atomic E-state index is 13.2. The van der Waals surface area contributed by atoms with Crippen LogP contribution in [0.15, 0.2) is 54.7 Å².